The third kappa shape index (κ3) is 17.6. The molecule has 0 aromatic carbocycles. The molecule has 3 aliphatic carbocycles. The monoisotopic (exact) mass is 2110 g/mol. The smallest absolute Gasteiger partial charge is 0.382 e. The van der Waals surface area contributed by atoms with Crippen LogP contribution in [-0.4, -0.2) is 281 Å². The summed E-state index contributed by atoms with van der Waals surface area (Å²) in [5, 5.41) is 16.4. The lowest BCUT2D eigenvalue weighted by Gasteiger charge is -2.45. The van der Waals surface area contributed by atoms with Crippen LogP contribution in [-0.2, 0) is 132 Å². The number of aromatic nitrogens is 29. The maximum atomic E-state index is 16.1. The van der Waals surface area contributed by atoms with Crippen LogP contribution in [0.3, 0.4) is 0 Å². The van der Waals surface area contributed by atoms with Gasteiger partial charge in [0.2, 0.25) is 5.78 Å². The summed E-state index contributed by atoms with van der Waals surface area (Å²) in [5.41, 5.74) is 19.0. The van der Waals surface area contributed by atoms with Crippen molar-refractivity contribution in [2.45, 2.75) is 111 Å². The summed E-state index contributed by atoms with van der Waals surface area (Å²) in [4.78, 5) is 157. The second kappa shape index (κ2) is 35.8. The van der Waals surface area contributed by atoms with Crippen LogP contribution >= 0.6 is 52.6 Å². The number of thiol groups is 1. The molecule has 3 saturated carbocycles. The number of aromatic amines is 3. The third-order valence-corrected chi connectivity index (χ3v) is 34.1. The van der Waals surface area contributed by atoms with Crippen molar-refractivity contribution in [3.8, 4) is 0 Å². The average molecular weight is 2110 g/mol. The van der Waals surface area contributed by atoms with E-state index in [0.717, 1.165) is 4.52 Å². The topological polar surface area (TPSA) is 704 Å². The molecular weight excluding hydrogens is 2040 g/mol. The molecule has 6 unspecified atom stereocenters. The molecule has 6 aliphatic heterocycles. The minimum Gasteiger partial charge on any atom is -0.382 e. The number of alkyl halides is 3. The van der Waals surface area contributed by atoms with Crippen LogP contribution in [0.1, 0.15) is 56.1 Å². The molecule has 0 radical (unpaired) electrons. The molecule has 20 heterocycles. The SMILES string of the molecule is Nc1ncnc2c1ncn2[C@@H]1O[C@@H]2COP(O)(=S)OC[C@@H]3[C@@H](COP(=O)(S)O[C@H]2[C@H]1F)C[C@H]3n1cnc2c(=O)n3cn[nH]c3nc21.Nc1ncnc2c1ncn2[C@@H]1O[C@@H]2COP(O)(=S)OC[C@@H]3[C@@H](COP(O)(=S)O[C@H]2[C@H]1F)C[C@H]3n1cnc2c(=O)[nH]cnc21.Nc1ncnc2c1ncn2[C@@H]1O[C@@H]2COP(O)(=S)OC[C@@H]3[C@@H](COP(O)(=S)O[C@H]2[C@H]1F)C[C@H]3n1cnc2c(=O)n3[nH]nnc3nc21. The highest BCUT2D eigenvalue weighted by molar-refractivity contribution is 8.44. The first-order valence-corrected chi connectivity index (χ1v) is 56.0. The molecular formula is C64H71F3N32O24P6S6. The van der Waals surface area contributed by atoms with Crippen molar-refractivity contribution in [3.05, 3.63) is 101 Å². The predicted octanol–water partition coefficient (Wildman–Crippen LogP) is 2.02. The quantitative estimate of drug-likeness (QED) is 0.0837. The van der Waals surface area contributed by atoms with E-state index < -0.39 is 145 Å². The lowest BCUT2D eigenvalue weighted by Crippen LogP contribution is -2.43. The van der Waals surface area contributed by atoms with Crippen LogP contribution in [0.25, 0.3) is 78.5 Å². The molecule has 14 N–H and O–H groups in total. The Morgan fingerprint density at radius 2 is 0.793 bits per heavy atom. The summed E-state index contributed by atoms with van der Waals surface area (Å²) >= 11 is 30.5. The number of hydrogen-bond donors (Lipinski definition) is 12. The van der Waals surface area contributed by atoms with Gasteiger partial charge in [0.25, 0.3) is 16.9 Å². The Bertz CT molecular complexity index is 7210. The first-order valence-electron chi connectivity index (χ1n) is 40.4. The van der Waals surface area contributed by atoms with E-state index in [1.165, 1.54) is 87.7 Å². The predicted molar refractivity (Wildman–Crippen MR) is 475 cm³/mol. The van der Waals surface area contributed by atoms with Gasteiger partial charge in [-0.1, -0.05) is 17.3 Å². The van der Waals surface area contributed by atoms with Crippen molar-refractivity contribution in [1.82, 2.24) is 142 Å². The molecule has 14 aromatic rings. The van der Waals surface area contributed by atoms with Gasteiger partial charge in [0.15, 0.2) is 105 Å². The fourth-order valence-corrected chi connectivity index (χ4v) is 25.6. The highest BCUT2D eigenvalue weighted by Crippen LogP contribution is 2.62. The molecule has 0 bridgehead atoms. The highest BCUT2D eigenvalue weighted by atomic mass is 32.7. The van der Waals surface area contributed by atoms with Crippen LogP contribution in [0.4, 0.5) is 30.6 Å². The molecule has 71 heteroatoms. The minimum absolute atomic E-state index is 0.0572. The van der Waals surface area contributed by atoms with Gasteiger partial charge in [0.1, 0.15) is 78.5 Å². The summed E-state index contributed by atoms with van der Waals surface area (Å²) in [6, 6.07) is -0.913. The molecule has 56 nitrogen and oxygen atoms in total. The van der Waals surface area contributed by atoms with E-state index >= 15 is 13.2 Å². The number of rotatable bonds is 6. The maximum Gasteiger partial charge on any atom is 0.386 e. The molecule has 718 valence electrons. The Hall–Kier alpha value is -8.21. The molecule has 23 rings (SSSR count). The molecule has 6 saturated heterocycles. The number of hydrogen-bond acceptors (Lipinski definition) is 45. The lowest BCUT2D eigenvalue weighted by atomic mass is 9.70. The zero-order chi connectivity index (χ0) is 94.0. The normalized spacial score (nSPS) is 36.1. The fourth-order valence-electron chi connectivity index (χ4n) is 17.7. The number of nitrogens with zero attached hydrogens (tertiary/aromatic N) is 26. The number of nitrogens with two attached hydrogens (primary N) is 3. The van der Waals surface area contributed by atoms with Crippen LogP contribution in [0.2, 0.25) is 0 Å². The fraction of sp³-hybridized carbons (Fsp3) is 0.516. The maximum absolute atomic E-state index is 16.1. The van der Waals surface area contributed by atoms with E-state index in [1.807, 2.05) is 0 Å². The van der Waals surface area contributed by atoms with E-state index in [4.69, 9.17) is 145 Å². The van der Waals surface area contributed by atoms with Crippen molar-refractivity contribution in [3.63, 3.8) is 0 Å². The Morgan fingerprint density at radius 3 is 1.24 bits per heavy atom. The second-order valence-corrected chi connectivity index (χ2v) is 49.1. The Balaban J connectivity index is 0.000000121. The third-order valence-electron chi connectivity index (χ3n) is 24.6. The van der Waals surface area contributed by atoms with Crippen molar-refractivity contribution < 1.29 is 111 Å². The summed E-state index contributed by atoms with van der Waals surface area (Å²) in [7, 11) is 0. The zero-order valence-electron chi connectivity index (χ0n) is 68.1. The van der Waals surface area contributed by atoms with Crippen molar-refractivity contribution in [2.75, 3.05) is 76.7 Å². The van der Waals surface area contributed by atoms with E-state index in [9.17, 15) is 43.4 Å². The number of nitrogens with one attached hydrogen (secondary N) is 3. The largest absolute Gasteiger partial charge is 0.386 e. The van der Waals surface area contributed by atoms with E-state index in [2.05, 4.69) is 118 Å². The van der Waals surface area contributed by atoms with Crippen molar-refractivity contribution >= 4 is 208 Å². The molecule has 9 aliphatic rings. The summed E-state index contributed by atoms with van der Waals surface area (Å²) in [6.45, 7) is -25.9. The number of nitrogen functional groups attached to an aromatic ring is 3. The second-order valence-electron chi connectivity index (χ2n) is 32.2. The Morgan fingerprint density at radius 1 is 0.422 bits per heavy atom. The van der Waals surface area contributed by atoms with Gasteiger partial charge in [-0.05, 0) is 101 Å². The zero-order valence-corrected chi connectivity index (χ0v) is 78.5. The summed E-state index contributed by atoms with van der Waals surface area (Å²) in [5.74, 6) is -1.37. The van der Waals surface area contributed by atoms with Gasteiger partial charge in [-0.25, -0.2) is 92.0 Å². The standard InChI is InChI=1S/C22H24FN11O8P2S2.C21H23FN12O8P2S2.C21H24FN9O8P2S2/c23-13-16-12(41-21(13)33-7-27-14-17(24)25-5-26-18(14)33)4-40-43(36,45)39-3-10-9(2-38-44(37,46)42-16)1-11(10)32-6-28-15-19(32)30-22-31-29-8-34(22)20(15)35;22-12-15-11(41-20(12)33-7-26-13-16(23)24-5-25-17(13)33)4-40-43(36,45)39-3-9-8(2-38-44(37,46)42-15)1-10(9)32-6-27-14-18(32)28-21-29-30-31-34(21)19(14)35;22-13-16-12(38-21(13)31-8-28-14-17(23)24-5-25-18(14)31)4-37-40(33,42)36-3-10-9(2-35-41(34,43)39-16)1-11(10)30-7-29-15-19(30)26-6-27-20(15)32/h5-13,16,21H,1-4H2,(H,30,31)(H,36,45)(H,37,46)(H2,24,25,26);5-12,15,20H,1-4H2,(H,36,45)(H,37,46)(H2,23,24,25)(H,28,29,31);5-13,16,21H,1-4H2,(H,33,42)(H,34,43)(H2,23,24,25)(H,26,27,32)/t9-,10-,11-,12-,13-,16-,21-,43?,44?;8-,9-,10-,11-,12-,15-,20-,43?,44?;9-,10-,11-,12-,13-,16-,21-,40?,41?/m111/s1. The molecule has 27 atom stereocenters. The highest BCUT2D eigenvalue weighted by Gasteiger charge is 2.57. The van der Waals surface area contributed by atoms with E-state index in [-0.39, 0.29) is 184 Å². The number of ether oxygens (including phenoxy) is 3. The van der Waals surface area contributed by atoms with Gasteiger partial charge in [0, 0.05) is 35.9 Å². The number of tetrazole rings is 1. The lowest BCUT2D eigenvalue weighted by molar-refractivity contribution is -0.0427. The van der Waals surface area contributed by atoms with Crippen LogP contribution < -0.4 is 33.9 Å². The van der Waals surface area contributed by atoms with Gasteiger partial charge in [-0.15, -0.1) is 0 Å². The number of anilines is 3. The molecule has 0 spiro atoms. The molecule has 9 fully saturated rings. The van der Waals surface area contributed by atoms with E-state index in [0.29, 0.717) is 30.6 Å². The molecule has 14 aromatic heterocycles. The first-order chi connectivity index (χ1) is 64.5. The van der Waals surface area contributed by atoms with Crippen LogP contribution in [0.15, 0.2) is 84.0 Å². The molecule has 135 heavy (non-hydrogen) atoms. The minimum atomic E-state index is -4.19. The van der Waals surface area contributed by atoms with Crippen LogP contribution in [0, 0.1) is 35.5 Å². The summed E-state index contributed by atoms with van der Waals surface area (Å²) < 4.78 is 159. The summed E-state index contributed by atoms with van der Waals surface area (Å²) in [6.07, 6.45) is -2.02. The van der Waals surface area contributed by atoms with Crippen molar-refractivity contribution in [2.24, 2.45) is 35.5 Å². The van der Waals surface area contributed by atoms with Gasteiger partial charge in [-0.3, -0.25) is 41.7 Å². The van der Waals surface area contributed by atoms with Gasteiger partial charge in [-0.2, -0.15) is 24.8 Å². The number of H-pyrrole nitrogens is 3. The van der Waals surface area contributed by atoms with Gasteiger partial charge < -0.3 is 115 Å². The number of halogens is 3. The van der Waals surface area contributed by atoms with Gasteiger partial charge in [0.05, 0.1) is 104 Å². The Labute approximate surface area is 779 Å². The number of fused-ring (bicyclic) bond motifs is 14. The van der Waals surface area contributed by atoms with Crippen molar-refractivity contribution in [1.29, 1.82) is 0 Å². The number of imidazole rings is 6. The molecule has 0 amide bonds. The first kappa shape index (κ1) is 93.1. The van der Waals surface area contributed by atoms with Gasteiger partial charge >= 0.3 is 45.9 Å². The van der Waals surface area contributed by atoms with Crippen LogP contribution in [0.5, 0.6) is 0 Å². The van der Waals surface area contributed by atoms with E-state index in [1.54, 1.807) is 13.7 Å². The Kier molecular flexibility index (Phi) is 24.7. The average Bonchev–Trinajstić information content (AvgIpc) is 1.64.